The lowest BCUT2D eigenvalue weighted by atomic mass is 9.89. The van der Waals surface area contributed by atoms with Gasteiger partial charge < -0.3 is 14.2 Å². The number of carbonyl (C=O) groups excluding carboxylic acids is 2. The van der Waals surface area contributed by atoms with E-state index < -0.39 is 18.2 Å². The highest BCUT2D eigenvalue weighted by Crippen LogP contribution is 2.37. The molecule has 0 bridgehead atoms. The first-order chi connectivity index (χ1) is 15.7. The molecule has 0 saturated heterocycles. The van der Waals surface area contributed by atoms with Crippen molar-refractivity contribution >= 4 is 29.5 Å². The van der Waals surface area contributed by atoms with Crippen LogP contribution >= 0.6 is 11.8 Å². The van der Waals surface area contributed by atoms with Gasteiger partial charge in [0.15, 0.2) is 0 Å². The molecule has 0 N–H and O–H groups in total. The molecule has 33 heavy (non-hydrogen) atoms. The van der Waals surface area contributed by atoms with Gasteiger partial charge in [0.2, 0.25) is 0 Å². The Morgan fingerprint density at radius 3 is 2.33 bits per heavy atom. The Balaban J connectivity index is 1.88. The number of rotatable bonds is 7. The van der Waals surface area contributed by atoms with Crippen molar-refractivity contribution in [1.82, 2.24) is 0 Å². The van der Waals surface area contributed by atoms with Crippen molar-refractivity contribution in [1.29, 1.82) is 0 Å². The van der Waals surface area contributed by atoms with Crippen molar-refractivity contribution in [2.75, 3.05) is 12.4 Å². The summed E-state index contributed by atoms with van der Waals surface area (Å²) in [5.74, 6) is 0.679. The van der Waals surface area contributed by atoms with Crippen molar-refractivity contribution in [3.05, 3.63) is 70.0 Å². The van der Waals surface area contributed by atoms with Crippen LogP contribution in [-0.4, -0.2) is 30.6 Å². The quantitative estimate of drug-likeness (QED) is 0.339. The second-order valence-corrected chi connectivity index (χ2v) is 9.70. The summed E-state index contributed by atoms with van der Waals surface area (Å²) in [6.45, 7) is 11.9. The number of ether oxygens (including phenoxy) is 3. The van der Waals surface area contributed by atoms with E-state index in [0.717, 1.165) is 28.0 Å². The van der Waals surface area contributed by atoms with E-state index in [1.807, 2.05) is 32.9 Å². The number of carbonyl (C=O) groups is 2. The minimum absolute atomic E-state index is 0.0582. The highest BCUT2D eigenvalue weighted by atomic mass is 32.2. The molecule has 0 amide bonds. The largest absolute Gasteiger partial charge is 0.513 e. The molecular weight excluding hydrogens is 436 g/mol. The van der Waals surface area contributed by atoms with Crippen molar-refractivity contribution in [2.45, 2.75) is 59.0 Å². The molecule has 176 valence electrons. The maximum absolute atomic E-state index is 13.2. The van der Waals surface area contributed by atoms with Gasteiger partial charge in [-0.05, 0) is 63.4 Å². The van der Waals surface area contributed by atoms with Gasteiger partial charge in [0.05, 0.1) is 6.61 Å². The maximum Gasteiger partial charge on any atom is 0.513 e. The van der Waals surface area contributed by atoms with Gasteiger partial charge in [0.25, 0.3) is 0 Å². The van der Waals surface area contributed by atoms with Crippen LogP contribution in [0.1, 0.15) is 48.1 Å². The zero-order valence-corrected chi connectivity index (χ0v) is 21.0. The summed E-state index contributed by atoms with van der Waals surface area (Å²) < 4.78 is 16.5. The summed E-state index contributed by atoms with van der Waals surface area (Å²) in [7, 11) is 0. The molecule has 0 saturated carbocycles. The van der Waals surface area contributed by atoms with E-state index in [4.69, 9.17) is 14.2 Å². The van der Waals surface area contributed by atoms with Crippen LogP contribution in [0.2, 0.25) is 0 Å². The van der Waals surface area contributed by atoms with Crippen LogP contribution in [0, 0.1) is 33.6 Å². The van der Waals surface area contributed by atoms with Gasteiger partial charge >= 0.3 is 12.1 Å². The summed E-state index contributed by atoms with van der Waals surface area (Å²) in [5.41, 5.74) is 5.26. The molecule has 1 aliphatic rings. The number of thioether (sulfide) groups is 1. The maximum atomic E-state index is 13.2. The molecular formula is C27H32O5S. The van der Waals surface area contributed by atoms with Crippen molar-refractivity contribution in [3.63, 3.8) is 0 Å². The Bertz CT molecular complexity index is 1030. The Morgan fingerprint density at radius 2 is 1.73 bits per heavy atom. The lowest BCUT2D eigenvalue weighted by molar-refractivity contribution is -0.145. The highest BCUT2D eigenvalue weighted by molar-refractivity contribution is 7.99. The lowest BCUT2D eigenvalue weighted by Crippen LogP contribution is -2.33. The monoisotopic (exact) mass is 468 g/mol. The SMILES string of the molecule is CCOC(=O)OC1=C(c2c(C)cc(C)cc2C)C(=O)OC(C(C)CSc2ccc(C)cc2)C1. The first-order valence-electron chi connectivity index (χ1n) is 11.3. The molecule has 0 radical (unpaired) electrons. The van der Waals surface area contributed by atoms with Crippen molar-refractivity contribution in [3.8, 4) is 0 Å². The van der Waals surface area contributed by atoms with Crippen LogP contribution in [0.25, 0.3) is 5.57 Å². The van der Waals surface area contributed by atoms with E-state index in [2.05, 4.69) is 38.1 Å². The Morgan fingerprint density at radius 1 is 1.09 bits per heavy atom. The fourth-order valence-electron chi connectivity index (χ4n) is 4.08. The summed E-state index contributed by atoms with van der Waals surface area (Å²) in [5, 5.41) is 0. The Labute approximate surface area is 200 Å². The van der Waals surface area contributed by atoms with Gasteiger partial charge in [-0.15, -0.1) is 11.8 Å². The minimum Gasteiger partial charge on any atom is -0.458 e. The van der Waals surface area contributed by atoms with Gasteiger partial charge in [0, 0.05) is 23.0 Å². The molecule has 5 nitrogen and oxygen atoms in total. The van der Waals surface area contributed by atoms with Gasteiger partial charge in [-0.3, -0.25) is 0 Å². The molecule has 0 fully saturated rings. The minimum atomic E-state index is -0.803. The topological polar surface area (TPSA) is 61.8 Å². The van der Waals surface area contributed by atoms with E-state index in [-0.39, 0.29) is 12.5 Å². The number of aryl methyl sites for hydroxylation is 4. The predicted octanol–water partition coefficient (Wildman–Crippen LogP) is 6.55. The van der Waals surface area contributed by atoms with Gasteiger partial charge in [0.1, 0.15) is 17.4 Å². The molecule has 6 heteroatoms. The lowest BCUT2D eigenvalue weighted by Gasteiger charge is -2.31. The van der Waals surface area contributed by atoms with Crippen LogP contribution in [0.5, 0.6) is 0 Å². The van der Waals surface area contributed by atoms with Gasteiger partial charge in [-0.1, -0.05) is 42.3 Å². The Hall–Kier alpha value is -2.73. The number of esters is 1. The summed E-state index contributed by atoms with van der Waals surface area (Å²) in [4.78, 5) is 26.6. The zero-order valence-electron chi connectivity index (χ0n) is 20.2. The smallest absolute Gasteiger partial charge is 0.458 e. The molecule has 3 rings (SSSR count). The molecule has 2 unspecified atom stereocenters. The molecule has 0 aliphatic carbocycles. The summed E-state index contributed by atoms with van der Waals surface area (Å²) in [6, 6.07) is 12.4. The molecule has 1 heterocycles. The second-order valence-electron chi connectivity index (χ2n) is 8.61. The van der Waals surface area contributed by atoms with Crippen LogP contribution < -0.4 is 0 Å². The van der Waals surface area contributed by atoms with Crippen LogP contribution in [0.4, 0.5) is 4.79 Å². The van der Waals surface area contributed by atoms with Crippen molar-refractivity contribution < 1.29 is 23.8 Å². The van der Waals surface area contributed by atoms with Gasteiger partial charge in [-0.2, -0.15) is 0 Å². The first kappa shape index (κ1) is 24.9. The fourth-order valence-corrected chi connectivity index (χ4v) is 5.08. The summed E-state index contributed by atoms with van der Waals surface area (Å²) in [6.07, 6.45) is -0.875. The molecule has 1 aliphatic heterocycles. The average molecular weight is 469 g/mol. The van der Waals surface area contributed by atoms with Crippen molar-refractivity contribution in [2.24, 2.45) is 5.92 Å². The third-order valence-electron chi connectivity index (χ3n) is 5.69. The van der Waals surface area contributed by atoms with E-state index in [0.29, 0.717) is 17.8 Å². The van der Waals surface area contributed by atoms with Crippen LogP contribution in [0.3, 0.4) is 0 Å². The third kappa shape index (κ3) is 6.20. The van der Waals surface area contributed by atoms with E-state index in [9.17, 15) is 9.59 Å². The highest BCUT2D eigenvalue weighted by Gasteiger charge is 2.36. The zero-order chi connectivity index (χ0) is 24.1. The molecule has 2 atom stereocenters. The predicted molar refractivity (Wildman–Crippen MR) is 131 cm³/mol. The number of benzene rings is 2. The van der Waals surface area contributed by atoms with Gasteiger partial charge in [-0.25, -0.2) is 9.59 Å². The average Bonchev–Trinajstić information content (AvgIpc) is 2.74. The van der Waals surface area contributed by atoms with E-state index >= 15 is 0 Å². The second kappa shape index (κ2) is 10.9. The normalized spacial score (nSPS) is 16.9. The fraction of sp³-hybridized carbons (Fsp3) is 0.407. The molecule has 2 aromatic carbocycles. The Kier molecular flexibility index (Phi) is 8.25. The van der Waals surface area contributed by atoms with Crippen LogP contribution in [0.15, 0.2) is 47.1 Å². The third-order valence-corrected chi connectivity index (χ3v) is 6.99. The molecule has 0 aromatic heterocycles. The first-order valence-corrected chi connectivity index (χ1v) is 12.2. The van der Waals surface area contributed by atoms with E-state index in [1.54, 1.807) is 18.7 Å². The number of cyclic esters (lactones) is 1. The number of hydrogen-bond donors (Lipinski definition) is 0. The number of hydrogen-bond acceptors (Lipinski definition) is 6. The van der Waals surface area contributed by atoms with Crippen LogP contribution in [-0.2, 0) is 19.0 Å². The molecule has 2 aromatic rings. The molecule has 0 spiro atoms. The van der Waals surface area contributed by atoms with E-state index in [1.165, 1.54) is 10.5 Å². The standard InChI is InChI=1S/C27H32O5S/c1-7-30-27(29)32-23-14-22(20(6)15-33-21-10-8-16(2)9-11-21)31-26(28)25(23)24-18(4)12-17(3)13-19(24)5/h8-13,20,22H,7,14-15H2,1-6H3. The summed E-state index contributed by atoms with van der Waals surface area (Å²) >= 11 is 1.72.